The zero-order valence-corrected chi connectivity index (χ0v) is 11.0. The maximum atomic E-state index is 5.15. The Morgan fingerprint density at radius 2 is 2.00 bits per heavy atom. The van der Waals surface area contributed by atoms with Gasteiger partial charge in [0.25, 0.3) is 0 Å². The van der Waals surface area contributed by atoms with Crippen molar-refractivity contribution in [3.63, 3.8) is 0 Å². The van der Waals surface area contributed by atoms with E-state index in [2.05, 4.69) is 23.8 Å². The van der Waals surface area contributed by atoms with Gasteiger partial charge in [0.2, 0.25) is 6.29 Å². The molecule has 0 N–H and O–H groups in total. The van der Waals surface area contributed by atoms with Crippen LogP contribution >= 0.6 is 11.8 Å². The molecule has 0 spiro atoms. The molecule has 0 amide bonds. The number of nitrogens with zero attached hydrogens (tertiary/aromatic N) is 2. The summed E-state index contributed by atoms with van der Waals surface area (Å²) >= 11 is 1.81. The van der Waals surface area contributed by atoms with Crippen LogP contribution in [0.25, 0.3) is 0 Å². The van der Waals surface area contributed by atoms with Crippen molar-refractivity contribution < 1.29 is 9.47 Å². The van der Waals surface area contributed by atoms with Crippen LogP contribution in [0.2, 0.25) is 0 Å². The highest BCUT2D eigenvalue weighted by Gasteiger charge is 2.11. The van der Waals surface area contributed by atoms with Crippen LogP contribution in [0, 0.1) is 0 Å². The average Bonchev–Trinajstić information content (AvgIpc) is 2.29. The molecule has 0 aliphatic rings. The van der Waals surface area contributed by atoms with Crippen LogP contribution in [0.5, 0.6) is 0 Å². The SMILES string of the molecule is COC(OC)c1ccnc(CSC(C)C)n1. The summed E-state index contributed by atoms with van der Waals surface area (Å²) in [5, 5.41) is 0.577. The highest BCUT2D eigenvalue weighted by molar-refractivity contribution is 7.99. The van der Waals surface area contributed by atoms with E-state index < -0.39 is 6.29 Å². The van der Waals surface area contributed by atoms with Crippen molar-refractivity contribution in [1.82, 2.24) is 9.97 Å². The molecule has 1 heterocycles. The van der Waals surface area contributed by atoms with Gasteiger partial charge in [0.05, 0.1) is 11.4 Å². The summed E-state index contributed by atoms with van der Waals surface area (Å²) < 4.78 is 10.3. The van der Waals surface area contributed by atoms with Crippen molar-refractivity contribution in [2.24, 2.45) is 0 Å². The summed E-state index contributed by atoms with van der Waals surface area (Å²) in [5.41, 5.74) is 0.763. The van der Waals surface area contributed by atoms with Crippen molar-refractivity contribution in [2.75, 3.05) is 14.2 Å². The predicted octanol–water partition coefficient (Wildman–Crippen LogP) is 2.41. The van der Waals surface area contributed by atoms with Gasteiger partial charge in [-0.15, -0.1) is 0 Å². The van der Waals surface area contributed by atoms with E-state index in [1.807, 2.05) is 11.8 Å². The van der Waals surface area contributed by atoms with Crippen LogP contribution in [0.15, 0.2) is 12.3 Å². The van der Waals surface area contributed by atoms with E-state index in [9.17, 15) is 0 Å². The largest absolute Gasteiger partial charge is 0.350 e. The number of ether oxygens (including phenoxy) is 2. The third-order valence-electron chi connectivity index (χ3n) is 1.94. The molecule has 0 fully saturated rings. The molecule has 0 saturated heterocycles. The van der Waals surface area contributed by atoms with E-state index in [-0.39, 0.29) is 0 Å². The molecule has 0 unspecified atom stereocenters. The normalized spacial score (nSPS) is 11.4. The molecule has 1 aromatic heterocycles. The predicted molar refractivity (Wildman–Crippen MR) is 65.2 cm³/mol. The third kappa shape index (κ3) is 4.08. The van der Waals surface area contributed by atoms with E-state index in [1.54, 1.807) is 26.5 Å². The molecule has 0 radical (unpaired) electrons. The maximum Gasteiger partial charge on any atom is 0.200 e. The first kappa shape index (κ1) is 13.4. The zero-order valence-electron chi connectivity index (χ0n) is 10.1. The first-order valence-electron chi connectivity index (χ1n) is 5.16. The second-order valence-electron chi connectivity index (χ2n) is 3.56. The lowest BCUT2D eigenvalue weighted by Gasteiger charge is -2.13. The molecule has 0 aliphatic carbocycles. The van der Waals surface area contributed by atoms with Gasteiger partial charge in [-0.25, -0.2) is 9.97 Å². The van der Waals surface area contributed by atoms with Crippen molar-refractivity contribution in [1.29, 1.82) is 0 Å². The summed E-state index contributed by atoms with van der Waals surface area (Å²) in [5.74, 6) is 1.63. The minimum atomic E-state index is -0.411. The van der Waals surface area contributed by atoms with Crippen LogP contribution in [-0.2, 0) is 15.2 Å². The van der Waals surface area contributed by atoms with Gasteiger partial charge in [0, 0.05) is 20.4 Å². The van der Waals surface area contributed by atoms with Crippen molar-refractivity contribution in [3.05, 3.63) is 23.8 Å². The van der Waals surface area contributed by atoms with Crippen LogP contribution in [0.3, 0.4) is 0 Å². The van der Waals surface area contributed by atoms with Gasteiger partial charge in [0.1, 0.15) is 5.82 Å². The van der Waals surface area contributed by atoms with Crippen LogP contribution in [0.1, 0.15) is 31.7 Å². The summed E-state index contributed by atoms with van der Waals surface area (Å²) in [6.45, 7) is 4.31. The first-order valence-corrected chi connectivity index (χ1v) is 6.21. The molecule has 5 heteroatoms. The Bertz CT molecular complexity index is 317. The third-order valence-corrected chi connectivity index (χ3v) is 3.03. The highest BCUT2D eigenvalue weighted by Crippen LogP contribution is 2.17. The van der Waals surface area contributed by atoms with Gasteiger partial charge in [-0.3, -0.25) is 0 Å². The summed E-state index contributed by atoms with van der Waals surface area (Å²) in [7, 11) is 3.19. The lowest BCUT2D eigenvalue weighted by molar-refractivity contribution is -0.108. The topological polar surface area (TPSA) is 44.2 Å². The monoisotopic (exact) mass is 242 g/mol. The fourth-order valence-electron chi connectivity index (χ4n) is 1.19. The Labute approximate surface area is 101 Å². The lowest BCUT2D eigenvalue weighted by Crippen LogP contribution is -2.08. The molecule has 0 aromatic carbocycles. The number of rotatable bonds is 6. The molecule has 4 nitrogen and oxygen atoms in total. The van der Waals surface area contributed by atoms with Gasteiger partial charge in [-0.1, -0.05) is 13.8 Å². The average molecular weight is 242 g/mol. The Balaban J connectivity index is 2.70. The Hall–Kier alpha value is -0.650. The Morgan fingerprint density at radius 3 is 2.56 bits per heavy atom. The fraction of sp³-hybridized carbons (Fsp3) is 0.636. The molecule has 0 bridgehead atoms. The summed E-state index contributed by atoms with van der Waals surface area (Å²) in [6, 6.07) is 1.81. The van der Waals surface area contributed by atoms with Gasteiger partial charge in [-0.2, -0.15) is 11.8 Å². The number of hydrogen-bond acceptors (Lipinski definition) is 5. The van der Waals surface area contributed by atoms with Crippen molar-refractivity contribution in [3.8, 4) is 0 Å². The standard InChI is InChI=1S/C11H18N2O2S/c1-8(2)16-7-10-12-6-5-9(13-10)11(14-3)15-4/h5-6,8,11H,7H2,1-4H3. The highest BCUT2D eigenvalue weighted by atomic mass is 32.2. The molecule has 0 atom stereocenters. The van der Waals surface area contributed by atoms with E-state index in [1.165, 1.54) is 0 Å². The van der Waals surface area contributed by atoms with E-state index in [0.29, 0.717) is 5.25 Å². The van der Waals surface area contributed by atoms with Crippen molar-refractivity contribution >= 4 is 11.8 Å². The number of hydrogen-bond donors (Lipinski definition) is 0. The number of aromatic nitrogens is 2. The Morgan fingerprint density at radius 1 is 1.31 bits per heavy atom. The van der Waals surface area contributed by atoms with Crippen LogP contribution in [-0.4, -0.2) is 29.4 Å². The van der Waals surface area contributed by atoms with E-state index in [4.69, 9.17) is 9.47 Å². The molecule has 0 aliphatic heterocycles. The minimum Gasteiger partial charge on any atom is -0.350 e. The molecule has 16 heavy (non-hydrogen) atoms. The van der Waals surface area contributed by atoms with Crippen molar-refractivity contribution in [2.45, 2.75) is 31.1 Å². The molecular formula is C11H18N2O2S. The molecule has 0 saturated carbocycles. The lowest BCUT2D eigenvalue weighted by atomic mass is 10.4. The zero-order chi connectivity index (χ0) is 12.0. The van der Waals surface area contributed by atoms with Crippen LogP contribution in [0.4, 0.5) is 0 Å². The van der Waals surface area contributed by atoms with Gasteiger partial charge in [0.15, 0.2) is 0 Å². The quantitative estimate of drug-likeness (QED) is 0.717. The number of thioether (sulfide) groups is 1. The van der Waals surface area contributed by atoms with Crippen LogP contribution < -0.4 is 0 Å². The smallest absolute Gasteiger partial charge is 0.200 e. The number of methoxy groups -OCH3 is 2. The van der Waals surface area contributed by atoms with Gasteiger partial charge < -0.3 is 9.47 Å². The fourth-order valence-corrected chi connectivity index (χ4v) is 1.82. The Kier molecular flexibility index (Phi) is 5.73. The molecule has 90 valence electrons. The first-order chi connectivity index (χ1) is 7.67. The minimum absolute atomic E-state index is 0.411. The molecule has 1 aromatic rings. The summed E-state index contributed by atoms with van der Waals surface area (Å²) in [6.07, 6.45) is 1.33. The van der Waals surface area contributed by atoms with E-state index in [0.717, 1.165) is 17.3 Å². The molecule has 1 rings (SSSR count). The second kappa shape index (κ2) is 6.83. The van der Waals surface area contributed by atoms with E-state index >= 15 is 0 Å². The molecular weight excluding hydrogens is 224 g/mol. The second-order valence-corrected chi connectivity index (χ2v) is 5.13. The maximum absolute atomic E-state index is 5.15. The van der Waals surface area contributed by atoms with Gasteiger partial charge in [-0.05, 0) is 11.3 Å². The van der Waals surface area contributed by atoms with Gasteiger partial charge >= 0.3 is 0 Å². The summed E-state index contributed by atoms with van der Waals surface area (Å²) in [4.78, 5) is 8.62.